The number of para-hydroxylation sites is 1. The van der Waals surface area contributed by atoms with Crippen LogP contribution in [0.2, 0.25) is 0 Å². The van der Waals surface area contributed by atoms with Crippen LogP contribution in [0.3, 0.4) is 0 Å². The number of aliphatic carboxylic acids is 1. The number of aliphatic hydroxyl groups excluding tert-OH is 3. The maximum atomic E-state index is 11.0. The number of aliphatic hydroxyl groups is 3. The summed E-state index contributed by atoms with van der Waals surface area (Å²) >= 11 is 0. The molecular formula is C30H36N2O6. The number of benzene rings is 3. The predicted octanol–water partition coefficient (Wildman–Crippen LogP) is 3.10. The second-order valence-electron chi connectivity index (χ2n) is 9.29. The summed E-state index contributed by atoms with van der Waals surface area (Å²) in [6, 6.07) is 24.8. The van der Waals surface area contributed by atoms with Gasteiger partial charge in [-0.3, -0.25) is 4.79 Å². The second kappa shape index (κ2) is 13.7. The van der Waals surface area contributed by atoms with Gasteiger partial charge in [0.1, 0.15) is 5.75 Å². The van der Waals surface area contributed by atoms with Gasteiger partial charge in [-0.2, -0.15) is 0 Å². The van der Waals surface area contributed by atoms with E-state index in [2.05, 4.69) is 47.2 Å². The molecule has 1 aromatic heterocycles. The largest absolute Gasteiger partial charge is 0.497 e. The van der Waals surface area contributed by atoms with Crippen molar-refractivity contribution in [1.29, 1.82) is 0 Å². The van der Waals surface area contributed by atoms with Crippen molar-refractivity contribution in [3.05, 3.63) is 95.7 Å². The van der Waals surface area contributed by atoms with Crippen molar-refractivity contribution in [1.82, 2.24) is 4.57 Å². The molecule has 0 amide bonds. The summed E-state index contributed by atoms with van der Waals surface area (Å²) in [5, 5.41) is 35.2. The zero-order valence-corrected chi connectivity index (χ0v) is 21.6. The molecule has 4 aromatic rings. The van der Waals surface area contributed by atoms with Crippen molar-refractivity contribution in [2.75, 3.05) is 26.9 Å². The molecule has 0 unspecified atom stereocenters. The highest BCUT2D eigenvalue weighted by Crippen LogP contribution is 2.28. The molecule has 0 bridgehead atoms. The molecule has 3 aromatic carbocycles. The molecule has 4 rings (SSSR count). The number of hydrogen-bond donors (Lipinski definition) is 5. The van der Waals surface area contributed by atoms with E-state index in [4.69, 9.17) is 30.9 Å². The molecule has 0 aliphatic heterocycles. The Morgan fingerprint density at radius 2 is 1.55 bits per heavy atom. The lowest BCUT2D eigenvalue weighted by Crippen LogP contribution is -2.50. The van der Waals surface area contributed by atoms with Crippen molar-refractivity contribution < 1.29 is 30.0 Å². The van der Waals surface area contributed by atoms with Crippen LogP contribution in [0.5, 0.6) is 5.75 Å². The lowest BCUT2D eigenvalue weighted by atomic mass is 10.0. The number of carbonyl (C=O) groups is 1. The number of ether oxygens (including phenoxy) is 1. The Morgan fingerprint density at radius 1 is 0.868 bits per heavy atom. The fraction of sp³-hybridized carbons (Fsp3) is 0.300. The zero-order valence-electron chi connectivity index (χ0n) is 21.6. The Bertz CT molecular complexity index is 1310. The van der Waals surface area contributed by atoms with Crippen LogP contribution < -0.4 is 10.5 Å². The number of hydrogen-bond acceptors (Lipinski definition) is 6. The van der Waals surface area contributed by atoms with E-state index in [1.807, 2.05) is 36.4 Å². The minimum Gasteiger partial charge on any atom is -0.497 e. The van der Waals surface area contributed by atoms with Crippen LogP contribution in [0.15, 0.2) is 79.0 Å². The Morgan fingerprint density at radius 3 is 2.16 bits per heavy atom. The number of aromatic nitrogens is 1. The molecule has 0 aliphatic carbocycles. The minimum absolute atomic E-state index is 0.143. The number of carboxylic acid groups (broad SMARTS) is 1. The average Bonchev–Trinajstić information content (AvgIpc) is 3.33. The molecule has 0 atom stereocenters. The van der Waals surface area contributed by atoms with Crippen LogP contribution in [0, 0.1) is 0 Å². The van der Waals surface area contributed by atoms with Gasteiger partial charge in [-0.25, -0.2) is 0 Å². The fourth-order valence-electron chi connectivity index (χ4n) is 4.01. The smallest absolute Gasteiger partial charge is 0.303 e. The molecule has 8 nitrogen and oxygen atoms in total. The van der Waals surface area contributed by atoms with Gasteiger partial charge >= 0.3 is 5.97 Å². The highest BCUT2D eigenvalue weighted by molar-refractivity contribution is 5.86. The van der Waals surface area contributed by atoms with E-state index in [0.29, 0.717) is 6.42 Å². The number of methoxy groups -OCH3 is 1. The lowest BCUT2D eigenvalue weighted by molar-refractivity contribution is -0.136. The SMILES string of the molecule is COc1cccc(CCc2cn(-c3ccccc3)c3ccc(CCC(=O)O)cc23)c1.NC(CO)(CO)CO. The standard InChI is InChI=1S/C26H25NO3.C4H11NO3/c1-30-23-9-5-6-19(16-23)10-13-21-18-27(22-7-3-2-4-8-22)25-14-11-20(17-24(21)25)12-15-26(28)29;5-4(1-6,2-7)3-8/h2-9,11,14,16-18H,10,12-13,15H2,1H3,(H,28,29);6-8H,1-3,5H2. The third kappa shape index (κ3) is 7.66. The summed E-state index contributed by atoms with van der Waals surface area (Å²) in [5.74, 6) is 0.102. The third-order valence-electron chi connectivity index (χ3n) is 6.38. The first-order valence-electron chi connectivity index (χ1n) is 12.5. The molecule has 8 heteroatoms. The Labute approximate surface area is 222 Å². The van der Waals surface area contributed by atoms with Gasteiger partial charge in [0.25, 0.3) is 0 Å². The highest BCUT2D eigenvalue weighted by Gasteiger charge is 2.20. The van der Waals surface area contributed by atoms with Crippen molar-refractivity contribution in [2.45, 2.75) is 31.2 Å². The number of rotatable bonds is 11. The van der Waals surface area contributed by atoms with Crippen LogP contribution >= 0.6 is 0 Å². The number of nitrogens with two attached hydrogens (primary N) is 1. The van der Waals surface area contributed by atoms with Crippen molar-refractivity contribution in [3.8, 4) is 11.4 Å². The Hall–Kier alpha value is -3.69. The highest BCUT2D eigenvalue weighted by atomic mass is 16.5. The maximum Gasteiger partial charge on any atom is 0.303 e. The maximum absolute atomic E-state index is 11.0. The van der Waals surface area contributed by atoms with Crippen molar-refractivity contribution in [2.24, 2.45) is 5.73 Å². The molecule has 0 saturated carbocycles. The molecule has 0 saturated heterocycles. The van der Waals surface area contributed by atoms with E-state index in [1.54, 1.807) is 7.11 Å². The van der Waals surface area contributed by atoms with Crippen LogP contribution in [0.4, 0.5) is 0 Å². The normalized spacial score (nSPS) is 11.2. The molecule has 6 N–H and O–H groups in total. The molecule has 0 aliphatic rings. The summed E-state index contributed by atoms with van der Waals surface area (Å²) in [6.07, 6.45) is 4.69. The van der Waals surface area contributed by atoms with Gasteiger partial charge in [-0.15, -0.1) is 0 Å². The van der Waals surface area contributed by atoms with Gasteiger partial charge in [0.2, 0.25) is 0 Å². The zero-order chi connectivity index (χ0) is 27.5. The van der Waals surface area contributed by atoms with E-state index in [9.17, 15) is 4.79 Å². The van der Waals surface area contributed by atoms with E-state index in [1.165, 1.54) is 16.5 Å². The van der Waals surface area contributed by atoms with Crippen LogP contribution in [0.1, 0.15) is 23.1 Å². The van der Waals surface area contributed by atoms with Crippen LogP contribution in [-0.2, 0) is 24.1 Å². The van der Waals surface area contributed by atoms with E-state index >= 15 is 0 Å². The van der Waals surface area contributed by atoms with Crippen molar-refractivity contribution in [3.63, 3.8) is 0 Å². The molecule has 0 spiro atoms. The minimum atomic E-state index is -1.21. The summed E-state index contributed by atoms with van der Waals surface area (Å²) in [5.41, 5.74) is 9.74. The first-order chi connectivity index (χ1) is 18.3. The van der Waals surface area contributed by atoms with E-state index < -0.39 is 31.3 Å². The molecule has 0 fully saturated rings. The third-order valence-corrected chi connectivity index (χ3v) is 6.38. The summed E-state index contributed by atoms with van der Waals surface area (Å²) in [7, 11) is 1.69. The first kappa shape index (κ1) is 28.9. The molecule has 202 valence electrons. The van der Waals surface area contributed by atoms with Crippen molar-refractivity contribution >= 4 is 16.9 Å². The summed E-state index contributed by atoms with van der Waals surface area (Å²) < 4.78 is 7.57. The van der Waals surface area contributed by atoms with Gasteiger partial charge in [-0.05, 0) is 72.4 Å². The van der Waals surface area contributed by atoms with Crippen LogP contribution in [0.25, 0.3) is 16.6 Å². The predicted molar refractivity (Wildman–Crippen MR) is 148 cm³/mol. The quantitative estimate of drug-likeness (QED) is 0.205. The van der Waals surface area contributed by atoms with Gasteiger partial charge in [0.15, 0.2) is 0 Å². The number of aryl methyl sites for hydroxylation is 3. The number of nitrogens with zero attached hydrogens (tertiary/aromatic N) is 1. The van der Waals surface area contributed by atoms with Gasteiger partial charge in [0, 0.05) is 23.7 Å². The molecule has 1 heterocycles. The van der Waals surface area contributed by atoms with Gasteiger partial charge in [0.05, 0.1) is 38.0 Å². The average molecular weight is 521 g/mol. The fourth-order valence-corrected chi connectivity index (χ4v) is 4.01. The van der Waals surface area contributed by atoms with E-state index in [-0.39, 0.29) is 6.42 Å². The van der Waals surface area contributed by atoms with Gasteiger partial charge in [-0.1, -0.05) is 36.4 Å². The Balaban J connectivity index is 0.000000436. The first-order valence-corrected chi connectivity index (χ1v) is 12.5. The molecule has 0 radical (unpaired) electrons. The molecule has 38 heavy (non-hydrogen) atoms. The van der Waals surface area contributed by atoms with E-state index in [0.717, 1.165) is 35.4 Å². The monoisotopic (exact) mass is 520 g/mol. The summed E-state index contributed by atoms with van der Waals surface area (Å²) in [4.78, 5) is 11.0. The Kier molecular flexibility index (Phi) is 10.4. The number of fused-ring (bicyclic) bond motifs is 1. The second-order valence-corrected chi connectivity index (χ2v) is 9.29. The number of carboxylic acids is 1. The molecular weight excluding hydrogens is 484 g/mol. The summed E-state index contributed by atoms with van der Waals surface area (Å²) in [6.45, 7) is -1.21. The lowest BCUT2D eigenvalue weighted by Gasteiger charge is -2.20. The topological polar surface area (TPSA) is 138 Å². The van der Waals surface area contributed by atoms with Crippen LogP contribution in [-0.4, -0.2) is 63.4 Å². The van der Waals surface area contributed by atoms with Gasteiger partial charge < -0.3 is 35.5 Å².